The number of ketones is 1. The summed E-state index contributed by atoms with van der Waals surface area (Å²) in [4.78, 5) is 43.0. The van der Waals surface area contributed by atoms with Crippen molar-refractivity contribution in [2.45, 2.75) is 58.0 Å². The Labute approximate surface area is 264 Å². The minimum atomic E-state index is -0.932. The van der Waals surface area contributed by atoms with E-state index in [1.807, 2.05) is 32.9 Å². The van der Waals surface area contributed by atoms with Gasteiger partial charge in [-0.2, -0.15) is 0 Å². The van der Waals surface area contributed by atoms with Crippen LogP contribution < -0.4 is 10.2 Å². The average molecular weight is 633 g/mol. The van der Waals surface area contributed by atoms with Crippen molar-refractivity contribution in [1.82, 2.24) is 19.9 Å². The number of fused-ring (bicyclic) bond motifs is 1. The van der Waals surface area contributed by atoms with Gasteiger partial charge in [0.2, 0.25) is 0 Å². The van der Waals surface area contributed by atoms with E-state index in [-0.39, 0.29) is 22.8 Å². The van der Waals surface area contributed by atoms with E-state index in [4.69, 9.17) is 21.6 Å². The summed E-state index contributed by atoms with van der Waals surface area (Å²) in [6.07, 6.45) is 5.56. The van der Waals surface area contributed by atoms with Crippen molar-refractivity contribution in [2.24, 2.45) is 5.92 Å². The van der Waals surface area contributed by atoms with Crippen molar-refractivity contribution in [3.8, 4) is 17.0 Å². The van der Waals surface area contributed by atoms with Gasteiger partial charge in [-0.1, -0.05) is 11.6 Å². The lowest BCUT2D eigenvalue weighted by Gasteiger charge is -2.44. The Balaban J connectivity index is 1.32. The molecule has 2 aliphatic rings. The number of carbonyl (C=O) groups is 2. The number of Topliss-reactive ketones (excluding diaryl/α,β-unsaturated/α-hetero) is 1. The Morgan fingerprint density at radius 1 is 1.09 bits per heavy atom. The number of hydrogen-bond acceptors (Lipinski definition) is 8. The van der Waals surface area contributed by atoms with Crippen LogP contribution >= 0.6 is 11.6 Å². The molecule has 1 atom stereocenters. The molecule has 234 valence electrons. The number of carboxylic acid groups (broad SMARTS) is 1. The minimum Gasteiger partial charge on any atom is -0.504 e. The lowest BCUT2D eigenvalue weighted by molar-refractivity contribution is 0.0647. The van der Waals surface area contributed by atoms with Crippen LogP contribution in [0, 0.1) is 11.7 Å². The van der Waals surface area contributed by atoms with Gasteiger partial charge in [0.25, 0.3) is 0 Å². The SMILES string of the molecule is CC(C)(C)N(C(=O)O)[C@H]1CCCN(c2ccc(Nc3c(C(=O)C4CC4)cnc4ccc(-c5cc(F)c(O)c(Cl)c5)nc34)cn2)C1. The number of piperidine rings is 1. The number of aromatic hydroxyl groups is 1. The second kappa shape index (κ2) is 11.8. The summed E-state index contributed by atoms with van der Waals surface area (Å²) in [5.74, 6) is -0.863. The molecule has 0 bridgehead atoms. The van der Waals surface area contributed by atoms with Gasteiger partial charge >= 0.3 is 6.09 Å². The summed E-state index contributed by atoms with van der Waals surface area (Å²) in [5, 5.41) is 22.9. The maximum atomic E-state index is 14.3. The molecule has 1 aliphatic heterocycles. The van der Waals surface area contributed by atoms with Crippen molar-refractivity contribution < 1.29 is 24.2 Å². The van der Waals surface area contributed by atoms with E-state index in [0.29, 0.717) is 45.8 Å². The van der Waals surface area contributed by atoms with E-state index in [9.17, 15) is 24.2 Å². The third-order valence-electron chi connectivity index (χ3n) is 8.27. The molecule has 1 aliphatic carbocycles. The van der Waals surface area contributed by atoms with Gasteiger partial charge in [0.05, 0.1) is 45.4 Å². The standard InChI is InChI=1S/C33H34ClFN6O4/c1-33(2,3)41(32(44)45)21-5-4-12-40(17-21)27-11-8-20(15-37-27)38-28-22(30(42)18-6-7-18)16-36-26-10-9-25(39-29(26)28)19-13-23(34)31(43)24(35)14-19/h8-11,13-16,18,21,43H,4-7,12,17H2,1-3H3,(H,36,38)(H,44,45)/t21-/m0/s1. The minimum absolute atomic E-state index is 0.0244. The number of phenolic OH excluding ortho intramolecular Hbond substituents is 1. The Hall–Kier alpha value is -4.51. The van der Waals surface area contributed by atoms with Crippen molar-refractivity contribution in [3.05, 3.63) is 65.2 Å². The van der Waals surface area contributed by atoms with E-state index < -0.39 is 23.2 Å². The van der Waals surface area contributed by atoms with Gasteiger partial charge < -0.3 is 20.4 Å². The molecule has 2 fully saturated rings. The molecule has 1 amide bonds. The van der Waals surface area contributed by atoms with Gasteiger partial charge in [-0.3, -0.25) is 14.7 Å². The number of anilines is 3. The molecule has 10 nitrogen and oxygen atoms in total. The first-order valence-corrected chi connectivity index (χ1v) is 15.3. The van der Waals surface area contributed by atoms with Gasteiger partial charge in [0.1, 0.15) is 11.3 Å². The van der Waals surface area contributed by atoms with Crippen LogP contribution in [0.2, 0.25) is 5.02 Å². The molecule has 45 heavy (non-hydrogen) atoms. The topological polar surface area (TPSA) is 132 Å². The van der Waals surface area contributed by atoms with E-state index in [0.717, 1.165) is 44.1 Å². The summed E-state index contributed by atoms with van der Waals surface area (Å²) in [7, 11) is 0. The molecule has 6 rings (SSSR count). The molecule has 1 saturated carbocycles. The van der Waals surface area contributed by atoms with Crippen LogP contribution in [0.4, 0.5) is 26.4 Å². The van der Waals surface area contributed by atoms with Crippen LogP contribution in [0.1, 0.15) is 56.8 Å². The van der Waals surface area contributed by atoms with Crippen LogP contribution in [0.5, 0.6) is 5.75 Å². The van der Waals surface area contributed by atoms with E-state index in [2.05, 4.69) is 15.2 Å². The number of phenols is 1. The second-order valence-electron chi connectivity index (χ2n) is 12.6. The molecule has 12 heteroatoms. The van der Waals surface area contributed by atoms with E-state index >= 15 is 0 Å². The van der Waals surface area contributed by atoms with Gasteiger partial charge in [0, 0.05) is 36.3 Å². The smallest absolute Gasteiger partial charge is 0.408 e. The molecule has 1 aromatic carbocycles. The van der Waals surface area contributed by atoms with Crippen LogP contribution in [0.25, 0.3) is 22.3 Å². The molecule has 4 heterocycles. The summed E-state index contributed by atoms with van der Waals surface area (Å²) in [5.41, 5.74) is 2.68. The van der Waals surface area contributed by atoms with Gasteiger partial charge in [-0.05, 0) is 82.9 Å². The fourth-order valence-corrected chi connectivity index (χ4v) is 6.18. The van der Waals surface area contributed by atoms with Gasteiger partial charge in [-0.25, -0.2) is 19.2 Å². The summed E-state index contributed by atoms with van der Waals surface area (Å²) < 4.78 is 14.3. The van der Waals surface area contributed by atoms with Crippen molar-refractivity contribution in [1.29, 1.82) is 0 Å². The predicted octanol–water partition coefficient (Wildman–Crippen LogP) is 7.27. The van der Waals surface area contributed by atoms with Crippen LogP contribution in [-0.2, 0) is 0 Å². The number of carbonyl (C=O) groups excluding carboxylic acids is 1. The third kappa shape index (κ3) is 6.22. The quantitative estimate of drug-likeness (QED) is 0.180. The molecule has 0 spiro atoms. The first-order valence-electron chi connectivity index (χ1n) is 14.9. The Morgan fingerprint density at radius 2 is 1.87 bits per heavy atom. The highest BCUT2D eigenvalue weighted by Gasteiger charge is 2.36. The lowest BCUT2D eigenvalue weighted by Crippen LogP contribution is -2.57. The molecular formula is C33H34ClFN6O4. The monoisotopic (exact) mass is 632 g/mol. The lowest BCUT2D eigenvalue weighted by atomic mass is 9.97. The highest BCUT2D eigenvalue weighted by Crippen LogP contribution is 2.38. The maximum Gasteiger partial charge on any atom is 0.408 e. The van der Waals surface area contributed by atoms with E-state index in [1.165, 1.54) is 11.0 Å². The number of rotatable bonds is 7. The maximum absolute atomic E-state index is 14.3. The van der Waals surface area contributed by atoms with Crippen LogP contribution in [0.15, 0.2) is 48.8 Å². The summed E-state index contributed by atoms with van der Waals surface area (Å²) in [6, 6.07) is 9.57. The number of benzene rings is 1. The van der Waals surface area contributed by atoms with Crippen molar-refractivity contribution >= 4 is 51.7 Å². The molecule has 1 saturated heterocycles. The van der Waals surface area contributed by atoms with Gasteiger partial charge in [-0.15, -0.1) is 0 Å². The van der Waals surface area contributed by atoms with Gasteiger partial charge in [0.15, 0.2) is 17.3 Å². The summed E-state index contributed by atoms with van der Waals surface area (Å²) >= 11 is 6.03. The molecular weight excluding hydrogens is 599 g/mol. The number of nitrogens with one attached hydrogen (secondary N) is 1. The Morgan fingerprint density at radius 3 is 2.51 bits per heavy atom. The number of pyridine rings is 3. The molecule has 0 radical (unpaired) electrons. The highest BCUT2D eigenvalue weighted by molar-refractivity contribution is 6.32. The first-order chi connectivity index (χ1) is 21.4. The van der Waals surface area contributed by atoms with Crippen molar-refractivity contribution in [3.63, 3.8) is 0 Å². The summed E-state index contributed by atoms with van der Waals surface area (Å²) in [6.45, 7) is 7.00. The number of aromatic nitrogens is 3. The van der Waals surface area contributed by atoms with Crippen molar-refractivity contribution in [2.75, 3.05) is 23.3 Å². The van der Waals surface area contributed by atoms with Crippen LogP contribution in [-0.4, -0.2) is 66.6 Å². The zero-order chi connectivity index (χ0) is 32.0. The molecule has 4 aromatic rings. The zero-order valence-corrected chi connectivity index (χ0v) is 26.0. The van der Waals surface area contributed by atoms with E-state index in [1.54, 1.807) is 24.5 Å². The second-order valence-corrected chi connectivity index (χ2v) is 13.0. The Kier molecular flexibility index (Phi) is 7.98. The van der Waals surface area contributed by atoms with Crippen LogP contribution in [0.3, 0.4) is 0 Å². The largest absolute Gasteiger partial charge is 0.504 e. The normalized spacial score (nSPS) is 16.9. The number of hydrogen-bond donors (Lipinski definition) is 3. The fraction of sp³-hybridized carbons (Fsp3) is 0.364. The average Bonchev–Trinajstić information content (AvgIpc) is 3.85. The molecule has 3 N–H and O–H groups in total. The highest BCUT2D eigenvalue weighted by atomic mass is 35.5. The first kappa shape index (κ1) is 30.5. The fourth-order valence-electron chi connectivity index (χ4n) is 5.97. The Bertz CT molecular complexity index is 1770. The molecule has 3 aromatic heterocycles. The number of nitrogens with zero attached hydrogens (tertiary/aromatic N) is 5. The zero-order valence-electron chi connectivity index (χ0n) is 25.2. The molecule has 0 unspecified atom stereocenters. The third-order valence-corrected chi connectivity index (χ3v) is 8.56. The number of halogens is 2. The number of amides is 1. The predicted molar refractivity (Wildman–Crippen MR) is 171 cm³/mol.